The molecule has 0 amide bonds. The Hall–Kier alpha value is -6.53. The smallest absolute Gasteiger partial charge is 0.210 e. The zero-order chi connectivity index (χ0) is 31.6. The van der Waals surface area contributed by atoms with E-state index in [1.54, 1.807) is 0 Å². The Morgan fingerprint density at radius 2 is 1.15 bits per heavy atom. The van der Waals surface area contributed by atoms with Crippen LogP contribution in [-0.2, 0) is 0 Å². The van der Waals surface area contributed by atoms with E-state index in [1.807, 2.05) is 42.6 Å². The Balaban J connectivity index is 1.29. The first-order chi connectivity index (χ1) is 23.8. The highest BCUT2D eigenvalue weighted by atomic mass is 15.3. The fourth-order valence-electron chi connectivity index (χ4n) is 7.31. The molecule has 10 rings (SSSR count). The van der Waals surface area contributed by atoms with Crippen molar-refractivity contribution in [3.63, 3.8) is 0 Å². The van der Waals surface area contributed by atoms with Gasteiger partial charge in [0, 0.05) is 50.1 Å². The van der Waals surface area contributed by atoms with Gasteiger partial charge in [0.25, 0.3) is 0 Å². The molecule has 226 valence electrons. The second kappa shape index (κ2) is 10.5. The predicted molar refractivity (Wildman–Crippen MR) is 198 cm³/mol. The zero-order valence-corrected chi connectivity index (χ0v) is 25.8. The second-order valence-corrected chi connectivity index (χ2v) is 12.1. The molecule has 4 heterocycles. The van der Waals surface area contributed by atoms with Crippen molar-refractivity contribution in [2.24, 2.45) is 15.0 Å². The molecule has 0 spiro atoms. The minimum absolute atomic E-state index is 0.374. The van der Waals surface area contributed by atoms with Gasteiger partial charge in [0.15, 0.2) is 12.0 Å². The van der Waals surface area contributed by atoms with E-state index in [4.69, 9.17) is 15.0 Å². The number of aliphatic imine (C=N–C) groups is 3. The van der Waals surface area contributed by atoms with E-state index in [1.165, 1.54) is 21.5 Å². The van der Waals surface area contributed by atoms with E-state index in [-0.39, 0.29) is 6.17 Å². The summed E-state index contributed by atoms with van der Waals surface area (Å²) in [6.07, 6.45) is 1.55. The summed E-state index contributed by atoms with van der Waals surface area (Å²) in [5, 5.41) is 8.48. The summed E-state index contributed by atoms with van der Waals surface area (Å²) in [5.74, 6) is 1.42. The van der Waals surface area contributed by atoms with Crippen molar-refractivity contribution >= 4 is 67.3 Å². The van der Waals surface area contributed by atoms with Crippen LogP contribution in [0.4, 0.5) is 0 Å². The standard InChI is InChI=1S/C42H28N6/c1-4-14-27(15-5-1)38-33-26-43-40(28-16-6-2-7-17-28)45-41(33)46-42(44-38)48-34-22-12-10-20-30(34)31-24-25-36-37(39(31)48)32-21-11-13-23-35(32)47(36)29-18-8-3-9-19-29/h1-26,41H,(H,44,46). The molecule has 8 aromatic rings. The van der Waals surface area contributed by atoms with Crippen LogP contribution < -0.4 is 5.32 Å². The topological polar surface area (TPSA) is 59.0 Å². The van der Waals surface area contributed by atoms with Gasteiger partial charge in [0.1, 0.15) is 0 Å². The number of hydrogen-bond acceptors (Lipinski definition) is 4. The third-order valence-corrected chi connectivity index (χ3v) is 9.40. The van der Waals surface area contributed by atoms with Gasteiger partial charge in [0.2, 0.25) is 5.96 Å². The molecule has 0 fully saturated rings. The monoisotopic (exact) mass is 616 g/mol. The average Bonchev–Trinajstić information content (AvgIpc) is 3.68. The molecule has 6 aromatic carbocycles. The molecule has 0 saturated heterocycles. The number of fused-ring (bicyclic) bond motifs is 8. The lowest BCUT2D eigenvalue weighted by Gasteiger charge is -2.28. The lowest BCUT2D eigenvalue weighted by molar-refractivity contribution is 0.722. The van der Waals surface area contributed by atoms with Crippen LogP contribution in [0, 0.1) is 0 Å². The third-order valence-electron chi connectivity index (χ3n) is 9.40. The maximum atomic E-state index is 5.41. The minimum atomic E-state index is -0.374. The van der Waals surface area contributed by atoms with Crippen molar-refractivity contribution in [3.05, 3.63) is 168 Å². The van der Waals surface area contributed by atoms with Gasteiger partial charge >= 0.3 is 0 Å². The summed E-state index contributed by atoms with van der Waals surface area (Å²) < 4.78 is 4.67. The molecule has 2 aliphatic rings. The highest BCUT2D eigenvalue weighted by molar-refractivity contribution is 6.28. The SMILES string of the molecule is C1=NC(c2ccccc2)=NC2NC(n3c4ccccc4c4ccc5c(c6ccccc6n5-c5ccccc5)c43)=NC(c3ccccc3)=C12. The fourth-order valence-corrected chi connectivity index (χ4v) is 7.31. The number of nitrogens with one attached hydrogen (secondary N) is 1. The van der Waals surface area contributed by atoms with E-state index in [0.29, 0.717) is 5.84 Å². The van der Waals surface area contributed by atoms with Crippen LogP contribution in [0.15, 0.2) is 172 Å². The van der Waals surface area contributed by atoms with Crippen LogP contribution in [0.3, 0.4) is 0 Å². The van der Waals surface area contributed by atoms with Gasteiger partial charge in [0.05, 0.1) is 27.8 Å². The van der Waals surface area contributed by atoms with E-state index in [2.05, 4.69) is 130 Å². The Morgan fingerprint density at radius 3 is 1.90 bits per heavy atom. The van der Waals surface area contributed by atoms with Crippen molar-refractivity contribution in [1.29, 1.82) is 0 Å². The van der Waals surface area contributed by atoms with E-state index >= 15 is 0 Å². The molecule has 0 radical (unpaired) electrons. The molecule has 6 nitrogen and oxygen atoms in total. The zero-order valence-electron chi connectivity index (χ0n) is 25.8. The largest absolute Gasteiger partial charge is 0.330 e. The van der Waals surface area contributed by atoms with Gasteiger partial charge < -0.3 is 9.88 Å². The molecule has 0 aliphatic carbocycles. The Labute approximate surface area is 276 Å². The van der Waals surface area contributed by atoms with Gasteiger partial charge in [-0.1, -0.05) is 121 Å². The minimum Gasteiger partial charge on any atom is -0.330 e. The van der Waals surface area contributed by atoms with Crippen LogP contribution in [-0.4, -0.2) is 33.3 Å². The van der Waals surface area contributed by atoms with Gasteiger partial charge in [-0.25, -0.2) is 15.0 Å². The van der Waals surface area contributed by atoms with E-state index in [9.17, 15) is 0 Å². The normalized spacial score (nSPS) is 16.0. The van der Waals surface area contributed by atoms with Crippen molar-refractivity contribution in [3.8, 4) is 5.69 Å². The van der Waals surface area contributed by atoms with Crippen LogP contribution in [0.25, 0.3) is 55.0 Å². The summed E-state index contributed by atoms with van der Waals surface area (Å²) >= 11 is 0. The van der Waals surface area contributed by atoms with Crippen LogP contribution in [0.2, 0.25) is 0 Å². The summed E-state index contributed by atoms with van der Waals surface area (Å²) in [7, 11) is 0. The second-order valence-electron chi connectivity index (χ2n) is 12.1. The summed E-state index contributed by atoms with van der Waals surface area (Å²) in [6, 6.07) is 52.9. The number of benzene rings is 6. The molecule has 2 aromatic heterocycles. The van der Waals surface area contributed by atoms with Crippen molar-refractivity contribution in [2.75, 3.05) is 0 Å². The molecule has 48 heavy (non-hydrogen) atoms. The summed E-state index contributed by atoms with van der Waals surface area (Å²) in [4.78, 5) is 15.4. The molecule has 0 bridgehead atoms. The van der Waals surface area contributed by atoms with Gasteiger partial charge in [-0.05, 0) is 30.3 Å². The summed E-state index contributed by atoms with van der Waals surface area (Å²) in [5.41, 5.74) is 9.42. The van der Waals surface area contributed by atoms with Crippen LogP contribution >= 0.6 is 0 Å². The number of nitrogens with zero attached hydrogens (tertiary/aromatic N) is 5. The molecular formula is C42H28N6. The van der Waals surface area contributed by atoms with Gasteiger partial charge in [-0.2, -0.15) is 0 Å². The Kier molecular flexibility index (Phi) is 5.84. The van der Waals surface area contributed by atoms with Gasteiger partial charge in [-0.3, -0.25) is 4.57 Å². The first-order valence-electron chi connectivity index (χ1n) is 16.2. The highest BCUT2D eigenvalue weighted by Gasteiger charge is 2.30. The fraction of sp³-hybridized carbons (Fsp3) is 0.0238. The lowest BCUT2D eigenvalue weighted by atomic mass is 10.0. The first-order valence-corrected chi connectivity index (χ1v) is 16.2. The average molecular weight is 617 g/mol. The maximum Gasteiger partial charge on any atom is 0.210 e. The molecule has 1 N–H and O–H groups in total. The first kappa shape index (κ1) is 26.7. The molecule has 1 atom stereocenters. The van der Waals surface area contributed by atoms with E-state index in [0.717, 1.165) is 56.1 Å². The molecule has 6 heteroatoms. The quantitative estimate of drug-likeness (QED) is 0.212. The van der Waals surface area contributed by atoms with Crippen molar-refractivity contribution in [1.82, 2.24) is 14.5 Å². The molecule has 0 saturated carbocycles. The molecular weight excluding hydrogens is 589 g/mol. The molecule has 2 aliphatic heterocycles. The maximum absolute atomic E-state index is 5.41. The Bertz CT molecular complexity index is 2680. The van der Waals surface area contributed by atoms with Crippen molar-refractivity contribution in [2.45, 2.75) is 6.17 Å². The number of amidine groups is 1. The van der Waals surface area contributed by atoms with Crippen LogP contribution in [0.1, 0.15) is 11.1 Å². The lowest BCUT2D eigenvalue weighted by Crippen LogP contribution is -2.44. The number of para-hydroxylation sites is 3. The van der Waals surface area contributed by atoms with E-state index < -0.39 is 0 Å². The number of rotatable bonds is 3. The highest BCUT2D eigenvalue weighted by Crippen LogP contribution is 2.41. The van der Waals surface area contributed by atoms with Crippen LogP contribution in [0.5, 0.6) is 0 Å². The van der Waals surface area contributed by atoms with Crippen molar-refractivity contribution < 1.29 is 0 Å². The Morgan fingerprint density at radius 1 is 0.521 bits per heavy atom. The van der Waals surface area contributed by atoms with Gasteiger partial charge in [-0.15, -0.1) is 0 Å². The number of hydrogen-bond donors (Lipinski definition) is 1. The molecule has 1 unspecified atom stereocenters. The summed E-state index contributed by atoms with van der Waals surface area (Å²) in [6.45, 7) is 0. The number of aromatic nitrogens is 2. The predicted octanol–water partition coefficient (Wildman–Crippen LogP) is 8.97. The third kappa shape index (κ3) is 3.96.